The molecule has 134 valence electrons. The first kappa shape index (κ1) is 18.4. The van der Waals surface area contributed by atoms with E-state index in [-0.39, 0.29) is 5.96 Å². The summed E-state index contributed by atoms with van der Waals surface area (Å²) in [4.78, 5) is 8.76. The number of hydrogen-bond donors (Lipinski definition) is 2. The summed E-state index contributed by atoms with van der Waals surface area (Å²) in [5, 5.41) is 3.03. The average molecular weight is 344 g/mol. The summed E-state index contributed by atoms with van der Waals surface area (Å²) in [6.07, 6.45) is 1.77. The lowest BCUT2D eigenvalue weighted by Crippen LogP contribution is -2.22. The lowest BCUT2D eigenvalue weighted by atomic mass is 10.1. The molecule has 1 heterocycles. The summed E-state index contributed by atoms with van der Waals surface area (Å²) in [6, 6.07) is 5.42. The van der Waals surface area contributed by atoms with Crippen LogP contribution in [0.4, 0.5) is 5.69 Å². The number of nitrogens with zero attached hydrogens (tertiary/aromatic N) is 2. The number of guanidine groups is 1. The fraction of sp³-hybridized carbons (Fsp3) is 0.333. The zero-order chi connectivity index (χ0) is 18.4. The Morgan fingerprint density at radius 2 is 1.84 bits per heavy atom. The second-order valence-electron chi connectivity index (χ2n) is 5.44. The minimum Gasteiger partial charge on any atom is -0.496 e. The lowest BCUT2D eigenvalue weighted by molar-refractivity contribution is 0.355. The van der Waals surface area contributed by atoms with Crippen molar-refractivity contribution >= 4 is 11.6 Å². The first-order chi connectivity index (χ1) is 12.0. The number of pyridine rings is 1. The number of nitrogens with two attached hydrogens (primary N) is 1. The third kappa shape index (κ3) is 4.32. The van der Waals surface area contributed by atoms with Gasteiger partial charge >= 0.3 is 0 Å². The maximum Gasteiger partial charge on any atom is 0.193 e. The Labute approximate surface area is 147 Å². The van der Waals surface area contributed by atoms with Gasteiger partial charge in [0.1, 0.15) is 5.75 Å². The lowest BCUT2D eigenvalue weighted by Gasteiger charge is -2.12. The molecule has 0 atom stereocenters. The Morgan fingerprint density at radius 3 is 2.48 bits per heavy atom. The van der Waals surface area contributed by atoms with Crippen LogP contribution in [0.25, 0.3) is 0 Å². The molecule has 0 bridgehead atoms. The molecule has 0 spiro atoms. The van der Waals surface area contributed by atoms with Crippen molar-refractivity contribution < 1.29 is 14.2 Å². The van der Waals surface area contributed by atoms with Gasteiger partial charge in [-0.05, 0) is 26.0 Å². The van der Waals surface area contributed by atoms with Crippen molar-refractivity contribution in [2.75, 3.05) is 26.6 Å². The number of methoxy groups -OCH3 is 3. The zero-order valence-corrected chi connectivity index (χ0v) is 15.2. The zero-order valence-electron chi connectivity index (χ0n) is 15.2. The second-order valence-corrected chi connectivity index (χ2v) is 5.44. The molecule has 7 heteroatoms. The summed E-state index contributed by atoms with van der Waals surface area (Å²) in [6.45, 7) is 4.27. The summed E-state index contributed by atoms with van der Waals surface area (Å²) >= 11 is 0. The van der Waals surface area contributed by atoms with Crippen LogP contribution in [0.2, 0.25) is 0 Å². The largest absolute Gasteiger partial charge is 0.496 e. The highest BCUT2D eigenvalue weighted by Crippen LogP contribution is 2.29. The van der Waals surface area contributed by atoms with Crippen LogP contribution < -0.4 is 25.3 Å². The number of benzene rings is 1. The molecule has 3 N–H and O–H groups in total. The number of rotatable bonds is 6. The van der Waals surface area contributed by atoms with E-state index in [9.17, 15) is 0 Å². The van der Waals surface area contributed by atoms with Crippen LogP contribution in [0.1, 0.15) is 16.8 Å². The molecule has 0 unspecified atom stereocenters. The minimum absolute atomic E-state index is 0.285. The highest BCUT2D eigenvalue weighted by Gasteiger charge is 2.09. The van der Waals surface area contributed by atoms with Crippen LogP contribution in [0, 0.1) is 13.8 Å². The molecule has 7 nitrogen and oxygen atoms in total. The second kappa shape index (κ2) is 8.23. The van der Waals surface area contributed by atoms with E-state index in [4.69, 9.17) is 19.9 Å². The van der Waals surface area contributed by atoms with Gasteiger partial charge in [-0.3, -0.25) is 4.98 Å². The number of ether oxygens (including phenoxy) is 3. The van der Waals surface area contributed by atoms with Gasteiger partial charge in [-0.1, -0.05) is 0 Å². The van der Waals surface area contributed by atoms with Crippen LogP contribution in [0.3, 0.4) is 0 Å². The third-order valence-corrected chi connectivity index (χ3v) is 3.80. The van der Waals surface area contributed by atoms with Crippen LogP contribution >= 0.6 is 0 Å². The third-order valence-electron chi connectivity index (χ3n) is 3.80. The predicted octanol–water partition coefficient (Wildman–Crippen LogP) is 2.65. The smallest absolute Gasteiger partial charge is 0.193 e. The Hall–Kier alpha value is -2.96. The van der Waals surface area contributed by atoms with Gasteiger partial charge in [0, 0.05) is 29.1 Å². The molecular formula is C18H24N4O3. The summed E-state index contributed by atoms with van der Waals surface area (Å²) in [5.41, 5.74) is 9.50. The molecule has 1 aromatic carbocycles. The number of anilines is 1. The minimum atomic E-state index is 0.285. The summed E-state index contributed by atoms with van der Waals surface area (Å²) in [5.74, 6) is 2.37. The first-order valence-electron chi connectivity index (χ1n) is 7.78. The number of hydrogen-bond acceptors (Lipinski definition) is 5. The van der Waals surface area contributed by atoms with Gasteiger partial charge in [-0.2, -0.15) is 0 Å². The topological polar surface area (TPSA) is 91.0 Å². The van der Waals surface area contributed by atoms with Gasteiger partial charge in [0.05, 0.1) is 33.6 Å². The van der Waals surface area contributed by atoms with E-state index in [2.05, 4.69) is 15.3 Å². The van der Waals surface area contributed by atoms with Crippen LogP contribution in [-0.2, 0) is 6.54 Å². The Morgan fingerprint density at radius 1 is 1.12 bits per heavy atom. The van der Waals surface area contributed by atoms with E-state index in [1.165, 1.54) is 0 Å². The van der Waals surface area contributed by atoms with Gasteiger partial charge < -0.3 is 25.3 Å². The maximum atomic E-state index is 5.97. The van der Waals surface area contributed by atoms with Crippen LogP contribution in [0.15, 0.2) is 29.4 Å². The fourth-order valence-corrected chi connectivity index (χ4v) is 2.49. The molecule has 2 aromatic rings. The van der Waals surface area contributed by atoms with Crippen molar-refractivity contribution in [2.45, 2.75) is 20.4 Å². The Kier molecular flexibility index (Phi) is 6.05. The molecule has 0 aliphatic carbocycles. The highest BCUT2D eigenvalue weighted by atomic mass is 16.5. The van der Waals surface area contributed by atoms with Crippen molar-refractivity contribution in [3.63, 3.8) is 0 Å². The highest BCUT2D eigenvalue weighted by molar-refractivity contribution is 5.92. The average Bonchev–Trinajstić information content (AvgIpc) is 2.61. The van der Waals surface area contributed by atoms with Gasteiger partial charge in [-0.15, -0.1) is 0 Å². The van der Waals surface area contributed by atoms with Gasteiger partial charge in [-0.25, -0.2) is 4.99 Å². The molecular weight excluding hydrogens is 320 g/mol. The van der Waals surface area contributed by atoms with E-state index in [1.54, 1.807) is 39.7 Å². The van der Waals surface area contributed by atoms with Gasteiger partial charge in [0.15, 0.2) is 17.5 Å². The molecule has 0 saturated carbocycles. The molecule has 0 amide bonds. The van der Waals surface area contributed by atoms with Crippen molar-refractivity contribution in [2.24, 2.45) is 10.7 Å². The molecule has 25 heavy (non-hydrogen) atoms. The Balaban J connectivity index is 2.13. The van der Waals surface area contributed by atoms with E-state index in [0.717, 1.165) is 28.3 Å². The molecule has 2 rings (SSSR count). The van der Waals surface area contributed by atoms with E-state index in [0.29, 0.717) is 18.0 Å². The first-order valence-corrected chi connectivity index (χ1v) is 7.78. The molecule has 0 saturated heterocycles. The number of aryl methyl sites for hydroxylation is 1. The normalized spacial score (nSPS) is 11.2. The van der Waals surface area contributed by atoms with Gasteiger partial charge in [0.2, 0.25) is 0 Å². The fourth-order valence-electron chi connectivity index (χ4n) is 2.49. The van der Waals surface area contributed by atoms with E-state index < -0.39 is 0 Å². The SMILES string of the molecule is COc1ccc(NC(N)=NCc2ncc(C)c(OC)c2C)cc1OC. The van der Waals surface area contributed by atoms with Crippen molar-refractivity contribution in [3.05, 3.63) is 41.2 Å². The van der Waals surface area contributed by atoms with Crippen LogP contribution in [0.5, 0.6) is 17.2 Å². The van der Waals surface area contributed by atoms with E-state index in [1.807, 2.05) is 19.9 Å². The molecule has 1 aromatic heterocycles. The Bertz CT molecular complexity index is 775. The van der Waals surface area contributed by atoms with Crippen molar-refractivity contribution in [1.29, 1.82) is 0 Å². The standard InChI is InChI=1S/C18H24N4O3/c1-11-9-20-14(12(2)17(11)25-5)10-21-18(19)22-13-6-7-15(23-3)16(8-13)24-4/h6-9H,10H2,1-5H3,(H3,19,21,22). The number of aliphatic imine (C=N–C) groups is 1. The van der Waals surface area contributed by atoms with Gasteiger partial charge in [0.25, 0.3) is 0 Å². The quantitative estimate of drug-likeness (QED) is 0.618. The van der Waals surface area contributed by atoms with Crippen LogP contribution in [-0.4, -0.2) is 32.3 Å². The summed E-state index contributed by atoms with van der Waals surface area (Å²) < 4.78 is 15.9. The van der Waals surface area contributed by atoms with Crippen molar-refractivity contribution in [1.82, 2.24) is 4.98 Å². The molecule has 0 radical (unpaired) electrons. The van der Waals surface area contributed by atoms with E-state index >= 15 is 0 Å². The predicted molar refractivity (Wildman–Crippen MR) is 98.8 cm³/mol. The molecule has 0 aliphatic rings. The molecule has 0 aliphatic heterocycles. The summed E-state index contributed by atoms with van der Waals surface area (Å²) in [7, 11) is 4.82. The molecule has 0 fully saturated rings. The monoisotopic (exact) mass is 344 g/mol. The maximum absolute atomic E-state index is 5.97. The number of nitrogens with one attached hydrogen (secondary N) is 1. The number of aromatic nitrogens is 1. The van der Waals surface area contributed by atoms with Crippen molar-refractivity contribution in [3.8, 4) is 17.2 Å².